The van der Waals surface area contributed by atoms with Crippen molar-refractivity contribution in [3.8, 4) is 0 Å². The van der Waals surface area contributed by atoms with E-state index in [0.717, 1.165) is 32.6 Å². The van der Waals surface area contributed by atoms with Gasteiger partial charge in [-0.15, -0.1) is 0 Å². The minimum atomic E-state index is -0.827. The highest BCUT2D eigenvalue weighted by atomic mass is 16.4. The second-order valence-electron chi connectivity index (χ2n) is 6.48. The maximum absolute atomic E-state index is 11.6. The molecule has 2 aliphatic rings. The number of carboxylic acid groups (broad SMARTS) is 1. The maximum Gasteiger partial charge on any atom is 0.324 e. The molecule has 2 fully saturated rings. The number of hydrogen-bond acceptors (Lipinski definition) is 4. The molecule has 0 radical (unpaired) electrons. The Balaban J connectivity index is 1.92. The van der Waals surface area contributed by atoms with Crippen molar-refractivity contribution in [2.24, 2.45) is 0 Å². The lowest BCUT2D eigenvalue weighted by molar-refractivity contribution is -0.145. The van der Waals surface area contributed by atoms with E-state index < -0.39 is 11.5 Å². The van der Waals surface area contributed by atoms with Gasteiger partial charge in [-0.3, -0.25) is 14.6 Å². The number of nitrogens with zero attached hydrogens (tertiary/aromatic N) is 2. The molecule has 2 N–H and O–H groups in total. The monoisotopic (exact) mass is 283 g/mol. The summed E-state index contributed by atoms with van der Waals surface area (Å²) >= 11 is 0. The van der Waals surface area contributed by atoms with Gasteiger partial charge in [0, 0.05) is 32.2 Å². The Hall–Kier alpha value is -0.650. The molecule has 2 rings (SSSR count). The largest absolute Gasteiger partial charge is 0.480 e. The number of fused-ring (bicyclic) bond motifs is 1. The van der Waals surface area contributed by atoms with Crippen LogP contribution in [0.2, 0.25) is 0 Å². The lowest BCUT2D eigenvalue weighted by Gasteiger charge is -2.45. The molecule has 116 valence electrons. The van der Waals surface area contributed by atoms with Crippen LogP contribution in [0.4, 0.5) is 0 Å². The van der Waals surface area contributed by atoms with Crippen molar-refractivity contribution in [3.63, 3.8) is 0 Å². The smallest absolute Gasteiger partial charge is 0.324 e. The molecule has 2 heterocycles. The van der Waals surface area contributed by atoms with E-state index in [2.05, 4.69) is 22.0 Å². The van der Waals surface area contributed by atoms with E-state index in [4.69, 9.17) is 0 Å². The molecule has 0 aromatic carbocycles. The van der Waals surface area contributed by atoms with Crippen LogP contribution in [0, 0.1) is 0 Å². The molecule has 0 aromatic heterocycles. The van der Waals surface area contributed by atoms with Gasteiger partial charge >= 0.3 is 5.97 Å². The maximum atomic E-state index is 11.6. The lowest BCUT2D eigenvalue weighted by atomic mass is 9.96. The molecule has 0 aliphatic carbocycles. The molecule has 2 unspecified atom stereocenters. The molecule has 0 saturated carbocycles. The third-order valence-electron chi connectivity index (χ3n) is 4.70. The van der Waals surface area contributed by atoms with E-state index >= 15 is 0 Å². The highest BCUT2D eigenvalue weighted by Crippen LogP contribution is 2.22. The van der Waals surface area contributed by atoms with Gasteiger partial charge in [-0.1, -0.05) is 13.3 Å². The molecule has 0 spiro atoms. The highest BCUT2D eigenvalue weighted by Gasteiger charge is 2.37. The summed E-state index contributed by atoms with van der Waals surface area (Å²) < 4.78 is 0. The first-order valence-electron chi connectivity index (χ1n) is 8.00. The van der Waals surface area contributed by atoms with Gasteiger partial charge in [0.1, 0.15) is 5.54 Å². The van der Waals surface area contributed by atoms with Crippen LogP contribution in [0.15, 0.2) is 0 Å². The minimum Gasteiger partial charge on any atom is -0.480 e. The first-order chi connectivity index (χ1) is 9.55. The zero-order chi connectivity index (χ0) is 14.6. The Morgan fingerprint density at radius 3 is 2.85 bits per heavy atom. The summed E-state index contributed by atoms with van der Waals surface area (Å²) in [6, 6.07) is 0.640. The van der Waals surface area contributed by atoms with Crippen molar-refractivity contribution in [3.05, 3.63) is 0 Å². The summed E-state index contributed by atoms with van der Waals surface area (Å²) in [5.41, 5.74) is -0.827. The predicted octanol–water partition coefficient (Wildman–Crippen LogP) is 0.999. The third-order valence-corrected chi connectivity index (χ3v) is 4.70. The van der Waals surface area contributed by atoms with Crippen LogP contribution in [-0.2, 0) is 4.79 Å². The van der Waals surface area contributed by atoms with Crippen LogP contribution >= 0.6 is 0 Å². The number of piperidine rings is 1. The fourth-order valence-corrected chi connectivity index (χ4v) is 3.41. The summed E-state index contributed by atoms with van der Waals surface area (Å²) in [6.07, 6.45) is 4.86. The minimum absolute atomic E-state index is 0.604. The van der Waals surface area contributed by atoms with Gasteiger partial charge in [-0.25, -0.2) is 0 Å². The second kappa shape index (κ2) is 6.87. The topological polar surface area (TPSA) is 55.8 Å². The zero-order valence-corrected chi connectivity index (χ0v) is 12.9. The average molecular weight is 283 g/mol. The van der Waals surface area contributed by atoms with Crippen LogP contribution in [0.5, 0.6) is 0 Å². The van der Waals surface area contributed by atoms with E-state index in [1.54, 1.807) is 0 Å². The van der Waals surface area contributed by atoms with Gasteiger partial charge in [0.05, 0.1) is 0 Å². The fourth-order valence-electron chi connectivity index (χ4n) is 3.41. The normalized spacial score (nSPS) is 27.8. The van der Waals surface area contributed by atoms with Crippen molar-refractivity contribution >= 4 is 5.97 Å². The predicted molar refractivity (Wildman–Crippen MR) is 80.0 cm³/mol. The zero-order valence-electron chi connectivity index (χ0n) is 12.9. The Kier molecular flexibility index (Phi) is 5.41. The molecule has 2 aliphatic heterocycles. The summed E-state index contributed by atoms with van der Waals surface area (Å²) in [6.45, 7) is 9.58. The molecular weight excluding hydrogens is 254 g/mol. The van der Waals surface area contributed by atoms with Crippen LogP contribution in [-0.4, -0.2) is 71.7 Å². The molecular formula is C15H29N3O2. The van der Waals surface area contributed by atoms with Crippen molar-refractivity contribution in [2.75, 3.05) is 39.3 Å². The van der Waals surface area contributed by atoms with Gasteiger partial charge in [-0.05, 0) is 39.3 Å². The molecule has 0 bridgehead atoms. The SMILES string of the molecule is CCCNC(C)(CN1CCN2CCCCC2C1)C(=O)O. The van der Waals surface area contributed by atoms with E-state index in [9.17, 15) is 9.90 Å². The quantitative estimate of drug-likeness (QED) is 0.761. The Bertz CT molecular complexity index is 337. The molecule has 2 saturated heterocycles. The van der Waals surface area contributed by atoms with Crippen molar-refractivity contribution in [1.29, 1.82) is 0 Å². The van der Waals surface area contributed by atoms with E-state index in [0.29, 0.717) is 12.6 Å². The molecule has 5 heteroatoms. The molecule has 5 nitrogen and oxygen atoms in total. The summed E-state index contributed by atoms with van der Waals surface area (Å²) in [4.78, 5) is 16.5. The van der Waals surface area contributed by atoms with Crippen molar-refractivity contribution in [2.45, 2.75) is 51.1 Å². The van der Waals surface area contributed by atoms with E-state index in [1.165, 1.54) is 25.8 Å². The number of piperazine rings is 1. The summed E-state index contributed by atoms with van der Waals surface area (Å²) in [7, 11) is 0. The number of rotatable bonds is 6. The molecule has 20 heavy (non-hydrogen) atoms. The Morgan fingerprint density at radius 1 is 1.35 bits per heavy atom. The van der Waals surface area contributed by atoms with Crippen LogP contribution in [0.3, 0.4) is 0 Å². The van der Waals surface area contributed by atoms with Crippen LogP contribution in [0.1, 0.15) is 39.5 Å². The van der Waals surface area contributed by atoms with Crippen LogP contribution in [0.25, 0.3) is 0 Å². The number of hydrogen-bond donors (Lipinski definition) is 2. The Labute approximate surface area is 122 Å². The highest BCUT2D eigenvalue weighted by molar-refractivity contribution is 5.78. The number of aliphatic carboxylic acids is 1. The number of carbonyl (C=O) groups is 1. The van der Waals surface area contributed by atoms with Gasteiger partial charge in [-0.2, -0.15) is 0 Å². The van der Waals surface area contributed by atoms with Gasteiger partial charge in [0.25, 0.3) is 0 Å². The molecule has 0 amide bonds. The van der Waals surface area contributed by atoms with Gasteiger partial charge in [0.15, 0.2) is 0 Å². The number of carboxylic acids is 1. The van der Waals surface area contributed by atoms with Crippen LogP contribution < -0.4 is 5.32 Å². The second-order valence-corrected chi connectivity index (χ2v) is 6.48. The van der Waals surface area contributed by atoms with Gasteiger partial charge in [0.2, 0.25) is 0 Å². The lowest BCUT2D eigenvalue weighted by Crippen LogP contribution is -2.62. The van der Waals surface area contributed by atoms with E-state index in [-0.39, 0.29) is 0 Å². The summed E-state index contributed by atoms with van der Waals surface area (Å²) in [5.74, 6) is -0.739. The Morgan fingerprint density at radius 2 is 2.15 bits per heavy atom. The summed E-state index contributed by atoms with van der Waals surface area (Å²) in [5, 5.41) is 12.7. The van der Waals surface area contributed by atoms with Crippen molar-refractivity contribution < 1.29 is 9.90 Å². The standard InChI is InChI=1S/C15H29N3O2/c1-3-7-16-15(2,14(19)20)12-17-9-10-18-8-5-4-6-13(18)11-17/h13,16H,3-12H2,1-2H3,(H,19,20). The fraction of sp³-hybridized carbons (Fsp3) is 0.933. The molecule has 2 atom stereocenters. The van der Waals surface area contributed by atoms with Crippen molar-refractivity contribution in [1.82, 2.24) is 15.1 Å². The average Bonchev–Trinajstić information content (AvgIpc) is 2.45. The first kappa shape index (κ1) is 15.7. The molecule has 0 aromatic rings. The third kappa shape index (κ3) is 3.71. The van der Waals surface area contributed by atoms with Gasteiger partial charge < -0.3 is 10.4 Å². The number of nitrogens with one attached hydrogen (secondary N) is 1. The first-order valence-corrected chi connectivity index (χ1v) is 8.00. The van der Waals surface area contributed by atoms with E-state index in [1.807, 2.05) is 6.92 Å².